The van der Waals surface area contributed by atoms with Gasteiger partial charge in [-0.2, -0.15) is 0 Å². The first-order valence-electron chi connectivity index (χ1n) is 38.3. The first-order chi connectivity index (χ1) is 53.3. The van der Waals surface area contributed by atoms with Gasteiger partial charge in [0.1, 0.15) is 5.75 Å². The summed E-state index contributed by atoms with van der Waals surface area (Å²) in [6.07, 6.45) is 12.8. The maximum Gasteiger partial charge on any atom is 0.164 e. The first kappa shape index (κ1) is 69.0. The zero-order chi connectivity index (χ0) is 72.7. The van der Waals surface area contributed by atoms with Gasteiger partial charge in [-0.3, -0.25) is 0 Å². The molecular formula is C101H84BrN5O. The van der Waals surface area contributed by atoms with Crippen LogP contribution >= 0.6 is 15.9 Å². The highest BCUT2D eigenvalue weighted by Gasteiger charge is 2.21. The molecule has 0 unspecified atom stereocenters. The number of aryl methyl sites for hydroxylation is 2. The van der Waals surface area contributed by atoms with Gasteiger partial charge in [-0.1, -0.05) is 292 Å². The van der Waals surface area contributed by atoms with Crippen molar-refractivity contribution in [3.8, 4) is 129 Å². The van der Waals surface area contributed by atoms with Crippen LogP contribution in [0.2, 0.25) is 0 Å². The molecule has 0 N–H and O–H groups in total. The van der Waals surface area contributed by atoms with Gasteiger partial charge in [0.2, 0.25) is 0 Å². The van der Waals surface area contributed by atoms with Gasteiger partial charge in [-0.25, -0.2) is 15.0 Å². The average molecular weight is 1460 g/mol. The van der Waals surface area contributed by atoms with E-state index in [2.05, 4.69) is 366 Å². The lowest BCUT2D eigenvalue weighted by atomic mass is 9.97. The average Bonchev–Trinajstić information content (AvgIpc) is 1.59. The van der Waals surface area contributed by atoms with Crippen molar-refractivity contribution in [2.45, 2.75) is 78.1 Å². The van der Waals surface area contributed by atoms with Gasteiger partial charge in [0, 0.05) is 54.9 Å². The van der Waals surface area contributed by atoms with Crippen LogP contribution in [0, 0.1) is 13.8 Å². The van der Waals surface area contributed by atoms with Crippen molar-refractivity contribution in [1.82, 2.24) is 24.1 Å². The van der Waals surface area contributed by atoms with Crippen LogP contribution in [0.25, 0.3) is 167 Å². The van der Waals surface area contributed by atoms with Crippen LogP contribution in [0.3, 0.4) is 0 Å². The molecule has 14 aromatic carbocycles. The molecule has 0 spiro atoms. The predicted octanol–water partition coefficient (Wildman–Crippen LogP) is 28.0. The molecule has 3 aromatic heterocycles. The fourth-order valence-electron chi connectivity index (χ4n) is 15.9. The summed E-state index contributed by atoms with van der Waals surface area (Å²) in [4.78, 5) is 16.3. The molecule has 108 heavy (non-hydrogen) atoms. The molecule has 0 radical (unpaired) electrons. The molecule has 0 aliphatic heterocycles. The first-order valence-corrected chi connectivity index (χ1v) is 39.4. The summed E-state index contributed by atoms with van der Waals surface area (Å²) >= 11 is 3.56. The number of hydrogen-bond acceptors (Lipinski definition) is 4. The zero-order valence-electron chi connectivity index (χ0n) is 61.2. The van der Waals surface area contributed by atoms with Crippen molar-refractivity contribution in [3.63, 3.8) is 0 Å². The normalized spacial score (nSPS) is 11.5. The molecule has 17 aromatic rings. The van der Waals surface area contributed by atoms with E-state index in [0.717, 1.165) is 112 Å². The van der Waals surface area contributed by atoms with E-state index >= 15 is 0 Å². The van der Waals surface area contributed by atoms with Gasteiger partial charge in [0.15, 0.2) is 17.5 Å². The van der Waals surface area contributed by atoms with E-state index < -0.39 is 0 Å². The monoisotopic (exact) mass is 1460 g/mol. The minimum atomic E-state index is 0.590. The summed E-state index contributed by atoms with van der Waals surface area (Å²) in [5.74, 6) is 2.65. The quantitative estimate of drug-likeness (QED) is 0.0423. The van der Waals surface area contributed by atoms with Crippen molar-refractivity contribution in [1.29, 1.82) is 0 Å². The van der Waals surface area contributed by atoms with E-state index in [1.807, 2.05) is 0 Å². The van der Waals surface area contributed by atoms with Gasteiger partial charge in [0.05, 0.1) is 28.7 Å². The van der Waals surface area contributed by atoms with Crippen LogP contribution in [0.15, 0.2) is 328 Å². The summed E-state index contributed by atoms with van der Waals surface area (Å²) in [6, 6.07) is 119. The number of ether oxygens (including phenoxy) is 1. The number of halogens is 1. The van der Waals surface area contributed by atoms with E-state index in [1.165, 1.54) is 124 Å². The van der Waals surface area contributed by atoms with Crippen molar-refractivity contribution < 1.29 is 4.74 Å². The van der Waals surface area contributed by atoms with E-state index in [4.69, 9.17) is 19.7 Å². The number of fused-ring (bicyclic) bond motifs is 6. The van der Waals surface area contributed by atoms with Crippen LogP contribution in [0.4, 0.5) is 0 Å². The zero-order valence-corrected chi connectivity index (χ0v) is 62.8. The molecule has 0 aliphatic carbocycles. The summed E-state index contributed by atoms with van der Waals surface area (Å²) in [7, 11) is 0. The van der Waals surface area contributed by atoms with Crippen LogP contribution < -0.4 is 4.74 Å². The Hall–Kier alpha value is -12.0. The van der Waals surface area contributed by atoms with Crippen LogP contribution in [-0.4, -0.2) is 36.0 Å². The standard InChI is InChI=1S/C101H84BrN5O/c1-69-59-86(106-95-53-45-77(71-29-15-11-16-30-71)65-91(95)92-66-78(46-54-96(92)106)72-31-17-12-18-32-72)49-51-89(69)81-39-26-42-84(62-81)100-103-99(83-41-25-37-75(61-83)76-38-28-44-88(64-76)108-58-24-10-8-6-4-3-5-7-9-23-57-102)104-101(105-100)85-43-27-40-82(63-85)90-52-50-87(60-70(90)2)107-97-55-47-79(73-33-19-13-20-34-73)67-93(97)94-68-80(48-56-98(94)107)74-35-21-14-22-36-74/h11-22,25-56,59-68H,3-10,23-24,57-58H2,1-2H3. The van der Waals surface area contributed by atoms with E-state index in [0.29, 0.717) is 24.1 Å². The third kappa shape index (κ3) is 14.6. The molecule has 0 amide bonds. The molecule has 6 nitrogen and oxygen atoms in total. The van der Waals surface area contributed by atoms with Crippen LogP contribution in [0.1, 0.15) is 75.3 Å². The SMILES string of the molecule is Cc1cc(-n2c3ccc(-c4ccccc4)cc3c3cc(-c4ccccc4)ccc32)ccc1-c1cccc(-c2nc(-c3cccc(-c4cccc(OCCCCCCCCCCCCBr)c4)c3)nc(-c3cccc(-c4ccc(-n5c6ccc(-c7ccccc7)cc6c6cc(-c7ccccc7)ccc65)cc4C)c3)n2)c1. The predicted molar refractivity (Wildman–Crippen MR) is 458 cm³/mol. The maximum atomic E-state index is 6.43. The Morgan fingerprint density at radius 2 is 0.546 bits per heavy atom. The second-order valence-corrected chi connectivity index (χ2v) is 29.5. The molecule has 0 fully saturated rings. The Labute approximate surface area is 641 Å². The van der Waals surface area contributed by atoms with Crippen molar-refractivity contribution >= 4 is 59.5 Å². The molecule has 0 saturated carbocycles. The molecule has 7 heteroatoms. The molecule has 0 atom stereocenters. The minimum absolute atomic E-state index is 0.590. The number of aromatic nitrogens is 5. The Morgan fingerprint density at radius 1 is 0.250 bits per heavy atom. The van der Waals surface area contributed by atoms with Crippen LogP contribution in [-0.2, 0) is 0 Å². The highest BCUT2D eigenvalue weighted by molar-refractivity contribution is 9.09. The largest absolute Gasteiger partial charge is 0.494 e. The molecular weight excluding hydrogens is 1380 g/mol. The summed E-state index contributed by atoms with van der Waals surface area (Å²) in [5.41, 5.74) is 27.9. The van der Waals surface area contributed by atoms with Crippen molar-refractivity contribution in [2.24, 2.45) is 0 Å². The summed E-state index contributed by atoms with van der Waals surface area (Å²) in [6.45, 7) is 5.15. The Balaban J connectivity index is 0.709. The second kappa shape index (κ2) is 31.6. The smallest absolute Gasteiger partial charge is 0.164 e. The molecule has 17 rings (SSSR count). The Morgan fingerprint density at radius 3 is 0.907 bits per heavy atom. The Kier molecular flexibility index (Phi) is 20.2. The lowest BCUT2D eigenvalue weighted by molar-refractivity contribution is 0.304. The van der Waals surface area contributed by atoms with Gasteiger partial charge < -0.3 is 13.9 Å². The molecule has 3 heterocycles. The lowest BCUT2D eigenvalue weighted by Gasteiger charge is -2.14. The molecule has 0 aliphatic rings. The number of nitrogens with zero attached hydrogens (tertiary/aromatic N) is 5. The van der Waals surface area contributed by atoms with Gasteiger partial charge >= 0.3 is 0 Å². The van der Waals surface area contributed by atoms with Gasteiger partial charge in [-0.05, 0) is 219 Å². The second-order valence-electron chi connectivity index (χ2n) is 28.7. The molecule has 0 bridgehead atoms. The van der Waals surface area contributed by atoms with Crippen LogP contribution in [0.5, 0.6) is 5.75 Å². The highest BCUT2D eigenvalue weighted by atomic mass is 79.9. The van der Waals surface area contributed by atoms with Crippen molar-refractivity contribution in [3.05, 3.63) is 339 Å². The lowest BCUT2D eigenvalue weighted by Crippen LogP contribution is -2.01. The third-order valence-electron chi connectivity index (χ3n) is 21.5. The topological polar surface area (TPSA) is 57.8 Å². The Bertz CT molecular complexity index is 5580. The van der Waals surface area contributed by atoms with E-state index in [9.17, 15) is 0 Å². The molecule has 0 saturated heterocycles. The molecule has 526 valence electrons. The number of alkyl halides is 1. The number of benzene rings is 14. The fraction of sp³-hybridized carbons (Fsp3) is 0.139. The number of unbranched alkanes of at least 4 members (excludes halogenated alkanes) is 9. The highest BCUT2D eigenvalue weighted by Crippen LogP contribution is 2.42. The van der Waals surface area contributed by atoms with Gasteiger partial charge in [0.25, 0.3) is 0 Å². The maximum absolute atomic E-state index is 6.43. The number of hydrogen-bond donors (Lipinski definition) is 0. The van der Waals surface area contributed by atoms with E-state index in [1.54, 1.807) is 0 Å². The van der Waals surface area contributed by atoms with Gasteiger partial charge in [-0.15, -0.1) is 0 Å². The summed E-state index contributed by atoms with van der Waals surface area (Å²) < 4.78 is 11.3. The summed E-state index contributed by atoms with van der Waals surface area (Å²) in [5, 5.41) is 5.98. The third-order valence-corrected chi connectivity index (χ3v) is 22.0. The minimum Gasteiger partial charge on any atom is -0.494 e. The van der Waals surface area contributed by atoms with E-state index in [-0.39, 0.29) is 0 Å². The van der Waals surface area contributed by atoms with Crippen molar-refractivity contribution in [2.75, 3.05) is 11.9 Å². The number of rotatable bonds is 25. The fourth-order valence-corrected chi connectivity index (χ4v) is 16.3.